The number of hydrogen-bond donors (Lipinski definition) is 3. The zero-order chi connectivity index (χ0) is 19.2. The molecule has 0 unspecified atom stereocenters. The topological polar surface area (TPSA) is 104 Å². The van der Waals surface area contributed by atoms with Crippen LogP contribution < -0.4 is 15.4 Å². The van der Waals surface area contributed by atoms with Gasteiger partial charge in [0.15, 0.2) is 0 Å². The molecule has 0 aliphatic heterocycles. The molecule has 0 spiro atoms. The summed E-state index contributed by atoms with van der Waals surface area (Å²) in [5.74, 6) is -0.343. The molecule has 2 rings (SSSR count). The Balaban J connectivity index is 2.16. The number of carbonyl (C=O) groups is 2. The van der Waals surface area contributed by atoms with Gasteiger partial charge >= 0.3 is 6.03 Å². The summed E-state index contributed by atoms with van der Waals surface area (Å²) in [7, 11) is -4.02. The van der Waals surface area contributed by atoms with Crippen LogP contribution in [-0.2, 0) is 10.0 Å². The summed E-state index contributed by atoms with van der Waals surface area (Å²) in [6.07, 6.45) is 0.774. The van der Waals surface area contributed by atoms with E-state index in [2.05, 4.69) is 10.6 Å². The molecule has 0 aromatic heterocycles. The SMILES string of the molecule is CCCNC(=O)c1ccccc1NC(=O)NS(=O)(=O)c1ccccc1C. The lowest BCUT2D eigenvalue weighted by Gasteiger charge is -2.13. The first-order valence-corrected chi connectivity index (χ1v) is 9.60. The third-order valence-electron chi connectivity index (χ3n) is 3.57. The molecule has 0 aliphatic rings. The Morgan fingerprint density at radius 3 is 2.35 bits per heavy atom. The molecule has 0 bridgehead atoms. The Bertz CT molecular complexity index is 910. The second kappa shape index (κ2) is 8.48. The number of sulfonamides is 1. The number of aryl methyl sites for hydroxylation is 1. The number of amides is 3. The normalized spacial score (nSPS) is 10.8. The molecule has 0 atom stereocenters. The summed E-state index contributed by atoms with van der Waals surface area (Å²) in [4.78, 5) is 24.3. The van der Waals surface area contributed by atoms with Crippen molar-refractivity contribution < 1.29 is 18.0 Å². The maximum Gasteiger partial charge on any atom is 0.333 e. The maximum absolute atomic E-state index is 12.4. The van der Waals surface area contributed by atoms with E-state index in [1.54, 1.807) is 43.3 Å². The average Bonchev–Trinajstić information content (AvgIpc) is 2.59. The van der Waals surface area contributed by atoms with Crippen LogP contribution in [0.3, 0.4) is 0 Å². The first-order chi connectivity index (χ1) is 12.3. The standard InChI is InChI=1S/C18H21N3O4S/c1-3-12-19-17(22)14-9-5-6-10-15(14)20-18(23)21-26(24,25)16-11-7-4-8-13(16)2/h4-11H,3,12H2,1-2H3,(H,19,22)(H2,20,21,23). The molecule has 2 aromatic carbocycles. The Morgan fingerprint density at radius 2 is 1.65 bits per heavy atom. The van der Waals surface area contributed by atoms with Crippen LogP contribution in [0.1, 0.15) is 29.3 Å². The summed E-state index contributed by atoms with van der Waals surface area (Å²) in [6.45, 7) is 4.06. The lowest BCUT2D eigenvalue weighted by atomic mass is 10.1. The highest BCUT2D eigenvalue weighted by molar-refractivity contribution is 7.90. The number of carbonyl (C=O) groups excluding carboxylic acids is 2. The van der Waals surface area contributed by atoms with Crippen LogP contribution in [0.25, 0.3) is 0 Å². The van der Waals surface area contributed by atoms with Gasteiger partial charge in [0, 0.05) is 6.54 Å². The number of anilines is 1. The van der Waals surface area contributed by atoms with E-state index in [9.17, 15) is 18.0 Å². The summed E-state index contributed by atoms with van der Waals surface area (Å²) < 4.78 is 26.7. The monoisotopic (exact) mass is 375 g/mol. The number of urea groups is 1. The summed E-state index contributed by atoms with van der Waals surface area (Å²) in [5.41, 5.74) is 0.995. The smallest absolute Gasteiger partial charge is 0.333 e. The van der Waals surface area contributed by atoms with E-state index in [4.69, 9.17) is 0 Å². The highest BCUT2D eigenvalue weighted by atomic mass is 32.2. The van der Waals surface area contributed by atoms with Crippen LogP contribution in [0, 0.1) is 6.92 Å². The van der Waals surface area contributed by atoms with E-state index in [1.807, 2.05) is 11.6 Å². The number of para-hydroxylation sites is 1. The summed E-state index contributed by atoms with van der Waals surface area (Å²) >= 11 is 0. The fraction of sp³-hybridized carbons (Fsp3) is 0.222. The molecule has 0 saturated carbocycles. The highest BCUT2D eigenvalue weighted by Crippen LogP contribution is 2.16. The molecule has 138 valence electrons. The fourth-order valence-corrected chi connectivity index (χ4v) is 3.46. The van der Waals surface area contributed by atoms with Crippen molar-refractivity contribution in [3.05, 3.63) is 59.7 Å². The molecular formula is C18H21N3O4S. The van der Waals surface area contributed by atoms with Gasteiger partial charge in [-0.1, -0.05) is 37.3 Å². The Kier molecular flexibility index (Phi) is 6.35. The number of rotatable bonds is 6. The van der Waals surface area contributed by atoms with Crippen LogP contribution in [0.4, 0.5) is 10.5 Å². The van der Waals surface area contributed by atoms with Crippen molar-refractivity contribution >= 4 is 27.6 Å². The summed E-state index contributed by atoms with van der Waals surface area (Å²) in [6, 6.07) is 11.8. The number of hydrogen-bond acceptors (Lipinski definition) is 4. The van der Waals surface area contributed by atoms with Crippen molar-refractivity contribution in [2.75, 3.05) is 11.9 Å². The van der Waals surface area contributed by atoms with Crippen molar-refractivity contribution in [3.63, 3.8) is 0 Å². The third kappa shape index (κ3) is 4.82. The van der Waals surface area contributed by atoms with Gasteiger partial charge in [0.2, 0.25) is 0 Å². The molecule has 0 saturated heterocycles. The van der Waals surface area contributed by atoms with E-state index in [-0.39, 0.29) is 22.1 Å². The maximum atomic E-state index is 12.4. The zero-order valence-corrected chi connectivity index (χ0v) is 15.4. The molecule has 0 aliphatic carbocycles. The molecule has 0 heterocycles. The number of benzene rings is 2. The number of nitrogens with one attached hydrogen (secondary N) is 3. The molecule has 3 amide bonds. The van der Waals surface area contributed by atoms with Crippen molar-refractivity contribution in [1.29, 1.82) is 0 Å². The Hall–Kier alpha value is -2.87. The first-order valence-electron chi connectivity index (χ1n) is 8.12. The molecular weight excluding hydrogens is 354 g/mol. The van der Waals surface area contributed by atoms with Gasteiger partial charge in [-0.2, -0.15) is 0 Å². The zero-order valence-electron chi connectivity index (χ0n) is 14.6. The minimum absolute atomic E-state index is 0.0177. The minimum Gasteiger partial charge on any atom is -0.352 e. The predicted molar refractivity (Wildman–Crippen MR) is 99.6 cm³/mol. The van der Waals surface area contributed by atoms with Gasteiger partial charge in [-0.15, -0.1) is 0 Å². The van der Waals surface area contributed by atoms with Crippen molar-refractivity contribution in [1.82, 2.24) is 10.0 Å². The van der Waals surface area contributed by atoms with Gasteiger partial charge in [0.05, 0.1) is 16.1 Å². The quantitative estimate of drug-likeness (QED) is 0.722. The van der Waals surface area contributed by atoms with Crippen LogP contribution in [-0.4, -0.2) is 26.9 Å². The van der Waals surface area contributed by atoms with Crippen molar-refractivity contribution in [3.8, 4) is 0 Å². The van der Waals surface area contributed by atoms with E-state index < -0.39 is 16.1 Å². The predicted octanol–water partition coefficient (Wildman–Crippen LogP) is 2.65. The third-order valence-corrected chi connectivity index (χ3v) is 5.06. The van der Waals surface area contributed by atoms with Gasteiger partial charge in [0.1, 0.15) is 0 Å². The average molecular weight is 375 g/mol. The molecule has 7 nitrogen and oxygen atoms in total. The van der Waals surface area contributed by atoms with Gasteiger partial charge in [-0.3, -0.25) is 4.79 Å². The lowest BCUT2D eigenvalue weighted by Crippen LogP contribution is -2.35. The van der Waals surface area contributed by atoms with E-state index in [0.29, 0.717) is 12.1 Å². The van der Waals surface area contributed by atoms with Crippen LogP contribution in [0.2, 0.25) is 0 Å². The second-order valence-corrected chi connectivity index (χ2v) is 7.28. The fourth-order valence-electron chi connectivity index (χ4n) is 2.31. The molecule has 2 aromatic rings. The van der Waals surface area contributed by atoms with Crippen molar-refractivity contribution in [2.45, 2.75) is 25.2 Å². The van der Waals surface area contributed by atoms with Gasteiger partial charge in [-0.05, 0) is 37.1 Å². The highest BCUT2D eigenvalue weighted by Gasteiger charge is 2.20. The largest absolute Gasteiger partial charge is 0.352 e. The minimum atomic E-state index is -4.02. The van der Waals surface area contributed by atoms with E-state index in [1.165, 1.54) is 12.1 Å². The molecule has 8 heteroatoms. The Morgan fingerprint density at radius 1 is 1.00 bits per heavy atom. The molecule has 0 radical (unpaired) electrons. The molecule has 0 fully saturated rings. The molecule has 3 N–H and O–H groups in total. The molecule has 26 heavy (non-hydrogen) atoms. The Labute approximate surface area is 152 Å². The summed E-state index contributed by atoms with van der Waals surface area (Å²) in [5, 5.41) is 5.14. The van der Waals surface area contributed by atoms with Crippen molar-refractivity contribution in [2.24, 2.45) is 0 Å². The van der Waals surface area contributed by atoms with Gasteiger partial charge in [0.25, 0.3) is 15.9 Å². The van der Waals surface area contributed by atoms with Gasteiger partial charge < -0.3 is 10.6 Å². The van der Waals surface area contributed by atoms with Gasteiger partial charge in [-0.25, -0.2) is 17.9 Å². The first kappa shape index (κ1) is 19.5. The van der Waals surface area contributed by atoms with Crippen LogP contribution >= 0.6 is 0 Å². The lowest BCUT2D eigenvalue weighted by molar-refractivity contribution is 0.0954. The van der Waals surface area contributed by atoms with E-state index >= 15 is 0 Å². The van der Waals surface area contributed by atoms with Crippen LogP contribution in [0.15, 0.2) is 53.4 Å². The van der Waals surface area contributed by atoms with E-state index in [0.717, 1.165) is 6.42 Å². The second-order valence-electron chi connectivity index (χ2n) is 5.63. The van der Waals surface area contributed by atoms with Crippen LogP contribution in [0.5, 0.6) is 0 Å².